The fourth-order valence-corrected chi connectivity index (χ4v) is 2.63. The van der Waals surface area contributed by atoms with E-state index in [0.29, 0.717) is 22.7 Å². The molecular formula is C12H17BrN2O2. The Morgan fingerprint density at radius 3 is 2.76 bits per heavy atom. The Morgan fingerprint density at radius 2 is 2.12 bits per heavy atom. The Morgan fingerprint density at radius 1 is 1.41 bits per heavy atom. The normalized spacial score (nSPS) is 17.3. The van der Waals surface area contributed by atoms with E-state index in [0.717, 1.165) is 18.7 Å². The van der Waals surface area contributed by atoms with E-state index in [1.807, 2.05) is 0 Å². The standard InChI is InChI=1S/C12H17BrN2O2/c1-17-7-9-10(13)12(16)15-11(14-9)8-5-3-2-4-6-8/h8H,2-7H2,1H3,(H,14,15,16). The van der Waals surface area contributed by atoms with Crippen molar-refractivity contribution in [1.29, 1.82) is 0 Å². The van der Waals surface area contributed by atoms with Crippen LogP contribution >= 0.6 is 15.9 Å². The van der Waals surface area contributed by atoms with Crippen molar-refractivity contribution in [2.75, 3.05) is 7.11 Å². The van der Waals surface area contributed by atoms with Crippen LogP contribution in [0.15, 0.2) is 9.27 Å². The van der Waals surface area contributed by atoms with Gasteiger partial charge in [0.2, 0.25) is 0 Å². The summed E-state index contributed by atoms with van der Waals surface area (Å²) >= 11 is 3.25. The zero-order valence-corrected chi connectivity index (χ0v) is 11.5. The summed E-state index contributed by atoms with van der Waals surface area (Å²) in [6.07, 6.45) is 5.99. The van der Waals surface area contributed by atoms with Crippen molar-refractivity contribution in [3.63, 3.8) is 0 Å². The molecule has 0 aliphatic heterocycles. The summed E-state index contributed by atoms with van der Waals surface area (Å²) in [4.78, 5) is 19.2. The minimum Gasteiger partial charge on any atom is -0.378 e. The second-order valence-electron chi connectivity index (χ2n) is 4.48. The summed E-state index contributed by atoms with van der Waals surface area (Å²) in [5.74, 6) is 1.23. The molecule has 1 aliphatic carbocycles. The first-order chi connectivity index (χ1) is 8.22. The number of nitrogens with zero attached hydrogens (tertiary/aromatic N) is 1. The largest absolute Gasteiger partial charge is 0.378 e. The third kappa shape index (κ3) is 2.96. The summed E-state index contributed by atoms with van der Waals surface area (Å²) in [6, 6.07) is 0. The van der Waals surface area contributed by atoms with E-state index in [9.17, 15) is 4.79 Å². The Bertz CT molecular complexity index is 439. The zero-order chi connectivity index (χ0) is 12.3. The molecule has 0 amide bonds. The van der Waals surface area contributed by atoms with E-state index >= 15 is 0 Å². The average Bonchev–Trinajstić information content (AvgIpc) is 2.36. The predicted molar refractivity (Wildman–Crippen MR) is 69.1 cm³/mol. The fourth-order valence-electron chi connectivity index (χ4n) is 2.33. The number of rotatable bonds is 3. The molecule has 0 spiro atoms. The van der Waals surface area contributed by atoms with Crippen molar-refractivity contribution in [3.05, 3.63) is 26.3 Å². The molecule has 4 nitrogen and oxygen atoms in total. The molecule has 0 aromatic carbocycles. The Kier molecular flexibility index (Phi) is 4.34. The van der Waals surface area contributed by atoms with Gasteiger partial charge in [0.05, 0.1) is 12.3 Å². The highest BCUT2D eigenvalue weighted by atomic mass is 79.9. The summed E-state index contributed by atoms with van der Waals surface area (Å²) in [6.45, 7) is 0.365. The first-order valence-electron chi connectivity index (χ1n) is 6.00. The van der Waals surface area contributed by atoms with Crippen LogP contribution in [0.4, 0.5) is 0 Å². The monoisotopic (exact) mass is 300 g/mol. The Hall–Kier alpha value is -0.680. The summed E-state index contributed by atoms with van der Waals surface area (Å²) in [5, 5.41) is 0. The molecule has 0 atom stereocenters. The van der Waals surface area contributed by atoms with Crippen LogP contribution in [0, 0.1) is 0 Å². The van der Waals surface area contributed by atoms with E-state index in [1.165, 1.54) is 19.3 Å². The molecule has 17 heavy (non-hydrogen) atoms. The van der Waals surface area contributed by atoms with E-state index in [-0.39, 0.29) is 5.56 Å². The van der Waals surface area contributed by atoms with Crippen LogP contribution in [-0.2, 0) is 11.3 Å². The topological polar surface area (TPSA) is 55.0 Å². The molecular weight excluding hydrogens is 284 g/mol. The number of aromatic amines is 1. The molecule has 1 aromatic heterocycles. The summed E-state index contributed by atoms with van der Waals surface area (Å²) < 4.78 is 5.55. The zero-order valence-electron chi connectivity index (χ0n) is 9.96. The van der Waals surface area contributed by atoms with Gasteiger partial charge in [-0.15, -0.1) is 0 Å². The minimum absolute atomic E-state index is 0.104. The predicted octanol–water partition coefficient (Wildman–Crippen LogP) is 2.73. The lowest BCUT2D eigenvalue weighted by atomic mass is 9.88. The lowest BCUT2D eigenvalue weighted by Gasteiger charge is -2.21. The van der Waals surface area contributed by atoms with Crippen molar-refractivity contribution in [1.82, 2.24) is 9.97 Å². The van der Waals surface area contributed by atoms with E-state index < -0.39 is 0 Å². The van der Waals surface area contributed by atoms with Gasteiger partial charge in [0.25, 0.3) is 5.56 Å². The van der Waals surface area contributed by atoms with Crippen LogP contribution in [-0.4, -0.2) is 17.1 Å². The van der Waals surface area contributed by atoms with Gasteiger partial charge < -0.3 is 9.72 Å². The number of halogens is 1. The van der Waals surface area contributed by atoms with E-state index in [2.05, 4.69) is 25.9 Å². The van der Waals surface area contributed by atoms with Gasteiger partial charge in [-0.1, -0.05) is 19.3 Å². The van der Waals surface area contributed by atoms with Crippen molar-refractivity contribution >= 4 is 15.9 Å². The SMILES string of the molecule is COCc1nc(C2CCCCC2)[nH]c(=O)c1Br. The second-order valence-corrected chi connectivity index (χ2v) is 5.27. The molecule has 1 aromatic rings. The van der Waals surface area contributed by atoms with E-state index in [1.54, 1.807) is 7.11 Å². The second kappa shape index (κ2) is 5.78. The van der Waals surface area contributed by atoms with Gasteiger partial charge in [-0.3, -0.25) is 4.79 Å². The Labute approximate surface area is 109 Å². The first kappa shape index (κ1) is 12.8. The molecule has 1 aliphatic rings. The van der Waals surface area contributed by atoms with E-state index in [4.69, 9.17) is 4.74 Å². The molecule has 94 valence electrons. The number of nitrogens with one attached hydrogen (secondary N) is 1. The highest BCUT2D eigenvalue weighted by Gasteiger charge is 2.19. The molecule has 0 unspecified atom stereocenters. The summed E-state index contributed by atoms with van der Waals surface area (Å²) in [7, 11) is 1.61. The van der Waals surface area contributed by atoms with Gasteiger partial charge >= 0.3 is 0 Å². The lowest BCUT2D eigenvalue weighted by Crippen LogP contribution is -2.19. The highest BCUT2D eigenvalue weighted by molar-refractivity contribution is 9.10. The maximum Gasteiger partial charge on any atom is 0.265 e. The quantitative estimate of drug-likeness (QED) is 0.934. The number of aromatic nitrogens is 2. The van der Waals surface area contributed by atoms with Crippen LogP contribution in [0.1, 0.15) is 49.5 Å². The molecule has 1 N–H and O–H groups in total. The number of hydrogen-bond acceptors (Lipinski definition) is 3. The molecule has 1 heterocycles. The van der Waals surface area contributed by atoms with Gasteiger partial charge in [-0.2, -0.15) is 0 Å². The van der Waals surface area contributed by atoms with Gasteiger partial charge in [-0.25, -0.2) is 4.98 Å². The van der Waals surface area contributed by atoms with Crippen LogP contribution in [0.2, 0.25) is 0 Å². The van der Waals surface area contributed by atoms with Crippen molar-refractivity contribution in [3.8, 4) is 0 Å². The maximum absolute atomic E-state index is 11.8. The lowest BCUT2D eigenvalue weighted by molar-refractivity contribution is 0.180. The van der Waals surface area contributed by atoms with Crippen LogP contribution in [0.25, 0.3) is 0 Å². The smallest absolute Gasteiger partial charge is 0.265 e. The third-order valence-electron chi connectivity index (χ3n) is 3.22. The molecule has 2 rings (SSSR count). The molecule has 1 fully saturated rings. The third-order valence-corrected chi connectivity index (χ3v) is 4.04. The molecule has 1 saturated carbocycles. The summed E-state index contributed by atoms with van der Waals surface area (Å²) in [5.41, 5.74) is 0.587. The highest BCUT2D eigenvalue weighted by Crippen LogP contribution is 2.30. The first-order valence-corrected chi connectivity index (χ1v) is 6.79. The van der Waals surface area contributed by atoms with Gasteiger partial charge in [0, 0.05) is 13.0 Å². The molecule has 5 heteroatoms. The van der Waals surface area contributed by atoms with Gasteiger partial charge in [-0.05, 0) is 28.8 Å². The van der Waals surface area contributed by atoms with Crippen molar-refractivity contribution in [2.45, 2.75) is 44.6 Å². The van der Waals surface area contributed by atoms with Gasteiger partial charge in [0.1, 0.15) is 10.3 Å². The van der Waals surface area contributed by atoms with Crippen molar-refractivity contribution in [2.24, 2.45) is 0 Å². The maximum atomic E-state index is 11.8. The molecule has 0 radical (unpaired) electrons. The fraction of sp³-hybridized carbons (Fsp3) is 0.667. The Balaban J connectivity index is 2.30. The van der Waals surface area contributed by atoms with Crippen LogP contribution in [0.3, 0.4) is 0 Å². The average molecular weight is 301 g/mol. The number of hydrogen-bond donors (Lipinski definition) is 1. The number of H-pyrrole nitrogens is 1. The van der Waals surface area contributed by atoms with Crippen LogP contribution in [0.5, 0.6) is 0 Å². The molecule has 0 saturated heterocycles. The number of ether oxygens (including phenoxy) is 1. The van der Waals surface area contributed by atoms with Crippen LogP contribution < -0.4 is 5.56 Å². The molecule has 0 bridgehead atoms. The number of methoxy groups -OCH3 is 1. The minimum atomic E-state index is -0.104. The van der Waals surface area contributed by atoms with Gasteiger partial charge in [0.15, 0.2) is 0 Å². The van der Waals surface area contributed by atoms with Crippen molar-refractivity contribution < 1.29 is 4.74 Å².